The number of nitrogens with zero attached hydrogens (tertiary/aromatic N) is 1. The Morgan fingerprint density at radius 2 is 1.68 bits per heavy atom. The molecule has 0 spiro atoms. The number of ether oxygens (including phenoxy) is 2. The van der Waals surface area contributed by atoms with E-state index in [1.54, 1.807) is 46.8 Å². The number of esters is 1. The number of carbonyl (C=O) groups excluding carboxylic acids is 4. The molecule has 0 fully saturated rings. The van der Waals surface area contributed by atoms with Gasteiger partial charge in [0.25, 0.3) is 0 Å². The summed E-state index contributed by atoms with van der Waals surface area (Å²) in [6, 6.07) is 2.77. The van der Waals surface area contributed by atoms with Crippen molar-refractivity contribution >= 4 is 23.9 Å². The van der Waals surface area contributed by atoms with Gasteiger partial charge in [-0.3, -0.25) is 14.4 Å². The maximum atomic E-state index is 14.2. The SMILES string of the molecule is CCCCCCCN(C(=O)C(NC(=O)OC(C)(C)C)C(C)C)C(C(=O)NCCC(=O)OCC)c1ccc(O)c(C)c1. The molecule has 2 atom stereocenters. The minimum atomic E-state index is -1.06. The van der Waals surface area contributed by atoms with Gasteiger partial charge in [0.15, 0.2) is 0 Å². The number of aryl methyl sites for hydroxylation is 1. The van der Waals surface area contributed by atoms with E-state index in [0.29, 0.717) is 17.5 Å². The highest BCUT2D eigenvalue weighted by Crippen LogP contribution is 2.28. The minimum Gasteiger partial charge on any atom is -0.508 e. The summed E-state index contributed by atoms with van der Waals surface area (Å²) in [4.78, 5) is 54.0. The number of hydrogen-bond acceptors (Lipinski definition) is 7. The summed E-state index contributed by atoms with van der Waals surface area (Å²) in [5, 5.41) is 15.6. The van der Waals surface area contributed by atoms with Crippen LogP contribution in [0.3, 0.4) is 0 Å². The number of aromatic hydroxyl groups is 1. The summed E-state index contributed by atoms with van der Waals surface area (Å²) < 4.78 is 10.4. The van der Waals surface area contributed by atoms with Gasteiger partial charge in [-0.05, 0) is 70.2 Å². The zero-order chi connectivity index (χ0) is 31.2. The summed E-state index contributed by atoms with van der Waals surface area (Å²) in [6.07, 6.45) is 3.93. The number of alkyl carbamates (subject to hydrolysis) is 1. The first kappa shape index (κ1) is 35.7. The molecule has 3 N–H and O–H groups in total. The summed E-state index contributed by atoms with van der Waals surface area (Å²) in [6.45, 7) is 15.0. The van der Waals surface area contributed by atoms with Crippen LogP contribution in [0.15, 0.2) is 18.2 Å². The molecule has 10 nitrogen and oxygen atoms in total. The van der Waals surface area contributed by atoms with E-state index >= 15 is 0 Å². The van der Waals surface area contributed by atoms with Crippen molar-refractivity contribution in [3.8, 4) is 5.75 Å². The van der Waals surface area contributed by atoms with Gasteiger partial charge in [0, 0.05) is 13.1 Å². The van der Waals surface area contributed by atoms with E-state index in [1.165, 1.54) is 11.0 Å². The molecule has 0 heterocycles. The highest BCUT2D eigenvalue weighted by atomic mass is 16.6. The summed E-state index contributed by atoms with van der Waals surface area (Å²) in [5.41, 5.74) is 0.309. The lowest BCUT2D eigenvalue weighted by molar-refractivity contribution is -0.144. The van der Waals surface area contributed by atoms with Gasteiger partial charge in [0.05, 0.1) is 13.0 Å². The van der Waals surface area contributed by atoms with Crippen molar-refractivity contribution in [3.63, 3.8) is 0 Å². The largest absolute Gasteiger partial charge is 0.508 e. The lowest BCUT2D eigenvalue weighted by Gasteiger charge is -2.36. The van der Waals surface area contributed by atoms with Crippen molar-refractivity contribution in [2.45, 2.75) is 112 Å². The molecule has 0 saturated carbocycles. The molecule has 1 rings (SSSR count). The standard InChI is InChI=1S/C31H51N3O7/c1-9-11-12-13-14-19-34(29(38)26(21(3)4)33-30(39)41-31(6,7)8)27(23-15-16-24(35)22(5)20-23)28(37)32-18-17-25(36)40-10-2/h15-16,20-21,26-27,35H,9-14,17-19H2,1-8H3,(H,32,37)(H,33,39). The monoisotopic (exact) mass is 577 g/mol. The summed E-state index contributed by atoms with van der Waals surface area (Å²) in [7, 11) is 0. The van der Waals surface area contributed by atoms with Crippen molar-refractivity contribution in [1.29, 1.82) is 0 Å². The number of phenolic OH excluding ortho intramolecular Hbond substituents is 1. The molecule has 1 aromatic carbocycles. The van der Waals surface area contributed by atoms with Crippen LogP contribution in [-0.4, -0.2) is 65.2 Å². The molecular weight excluding hydrogens is 526 g/mol. The Morgan fingerprint density at radius 1 is 1.02 bits per heavy atom. The smallest absolute Gasteiger partial charge is 0.408 e. The van der Waals surface area contributed by atoms with Crippen molar-refractivity contribution in [1.82, 2.24) is 15.5 Å². The van der Waals surface area contributed by atoms with E-state index in [0.717, 1.165) is 25.7 Å². The Hall–Kier alpha value is -3.30. The Labute approximate surface area is 245 Å². The van der Waals surface area contributed by atoms with E-state index in [-0.39, 0.29) is 37.8 Å². The van der Waals surface area contributed by atoms with Gasteiger partial charge >= 0.3 is 12.1 Å². The van der Waals surface area contributed by atoms with E-state index in [2.05, 4.69) is 17.6 Å². The maximum Gasteiger partial charge on any atom is 0.408 e. The predicted octanol–water partition coefficient (Wildman–Crippen LogP) is 5.16. The first-order valence-electron chi connectivity index (χ1n) is 14.7. The van der Waals surface area contributed by atoms with Crippen LogP contribution in [0.5, 0.6) is 5.75 Å². The number of rotatable bonds is 16. The lowest BCUT2D eigenvalue weighted by atomic mass is 9.97. The Kier molecular flexibility index (Phi) is 15.2. The molecule has 0 aliphatic heterocycles. The van der Waals surface area contributed by atoms with Gasteiger partial charge < -0.3 is 30.1 Å². The van der Waals surface area contributed by atoms with Crippen molar-refractivity contribution in [3.05, 3.63) is 29.3 Å². The molecule has 0 aromatic heterocycles. The van der Waals surface area contributed by atoms with Gasteiger partial charge in [-0.1, -0.05) is 52.5 Å². The van der Waals surface area contributed by atoms with Crippen molar-refractivity contribution in [2.24, 2.45) is 5.92 Å². The number of phenols is 1. The van der Waals surface area contributed by atoms with Crippen LogP contribution >= 0.6 is 0 Å². The second-order valence-electron chi connectivity index (χ2n) is 11.6. The average Bonchev–Trinajstić information content (AvgIpc) is 2.87. The number of benzene rings is 1. The van der Waals surface area contributed by atoms with Gasteiger partial charge in [0.2, 0.25) is 11.8 Å². The van der Waals surface area contributed by atoms with Gasteiger partial charge in [-0.15, -0.1) is 0 Å². The van der Waals surface area contributed by atoms with Gasteiger partial charge in [-0.2, -0.15) is 0 Å². The second kappa shape index (κ2) is 17.5. The summed E-state index contributed by atoms with van der Waals surface area (Å²) in [5.74, 6) is -1.56. The topological polar surface area (TPSA) is 134 Å². The molecule has 10 heteroatoms. The van der Waals surface area contributed by atoms with Crippen LogP contribution in [0, 0.1) is 12.8 Å². The average molecular weight is 578 g/mol. The molecule has 2 unspecified atom stereocenters. The van der Waals surface area contributed by atoms with Crippen LogP contribution in [0.1, 0.15) is 104 Å². The van der Waals surface area contributed by atoms with Crippen molar-refractivity contribution < 1.29 is 33.8 Å². The van der Waals surface area contributed by atoms with E-state index in [4.69, 9.17) is 9.47 Å². The fourth-order valence-corrected chi connectivity index (χ4v) is 4.32. The van der Waals surface area contributed by atoms with Crippen molar-refractivity contribution in [2.75, 3.05) is 19.7 Å². The Morgan fingerprint density at radius 3 is 2.24 bits per heavy atom. The van der Waals surface area contributed by atoms with Crippen LogP contribution in [0.4, 0.5) is 4.79 Å². The fraction of sp³-hybridized carbons (Fsp3) is 0.677. The molecule has 0 saturated heterocycles. The van der Waals surface area contributed by atoms with E-state index in [1.807, 2.05) is 13.8 Å². The first-order valence-corrected chi connectivity index (χ1v) is 14.7. The molecule has 0 bridgehead atoms. The highest BCUT2D eigenvalue weighted by Gasteiger charge is 2.37. The minimum absolute atomic E-state index is 0.0132. The second-order valence-corrected chi connectivity index (χ2v) is 11.6. The predicted molar refractivity (Wildman–Crippen MR) is 158 cm³/mol. The molecule has 0 aliphatic carbocycles. The normalized spacial score (nSPS) is 12.8. The number of carbonyl (C=O) groups is 4. The number of hydrogen-bond donors (Lipinski definition) is 3. The zero-order valence-electron chi connectivity index (χ0n) is 26.2. The molecule has 0 aliphatic rings. The first-order chi connectivity index (χ1) is 19.2. The van der Waals surface area contributed by atoms with Gasteiger partial charge in [0.1, 0.15) is 23.4 Å². The fourth-order valence-electron chi connectivity index (χ4n) is 4.32. The summed E-state index contributed by atoms with van der Waals surface area (Å²) >= 11 is 0. The lowest BCUT2D eigenvalue weighted by Crippen LogP contribution is -2.55. The molecule has 232 valence electrons. The zero-order valence-corrected chi connectivity index (χ0v) is 26.2. The molecule has 1 aromatic rings. The third kappa shape index (κ3) is 12.8. The van der Waals surface area contributed by atoms with Crippen LogP contribution < -0.4 is 10.6 Å². The third-order valence-electron chi connectivity index (χ3n) is 6.42. The van der Waals surface area contributed by atoms with E-state index in [9.17, 15) is 24.3 Å². The van der Waals surface area contributed by atoms with E-state index < -0.39 is 41.6 Å². The highest BCUT2D eigenvalue weighted by molar-refractivity contribution is 5.92. The third-order valence-corrected chi connectivity index (χ3v) is 6.42. The number of unbranched alkanes of at least 4 members (excludes halogenated alkanes) is 4. The number of nitrogens with one attached hydrogen (secondary N) is 2. The quantitative estimate of drug-likeness (QED) is 0.182. The van der Waals surface area contributed by atoms with Crippen LogP contribution in [0.25, 0.3) is 0 Å². The Balaban J connectivity index is 3.46. The molecule has 0 radical (unpaired) electrons. The number of amides is 3. The van der Waals surface area contributed by atoms with Crippen LogP contribution in [0.2, 0.25) is 0 Å². The molecule has 41 heavy (non-hydrogen) atoms. The van der Waals surface area contributed by atoms with Crippen LogP contribution in [-0.2, 0) is 23.9 Å². The molecular formula is C31H51N3O7. The Bertz CT molecular complexity index is 1000. The maximum absolute atomic E-state index is 14.2. The van der Waals surface area contributed by atoms with Gasteiger partial charge in [-0.25, -0.2) is 4.79 Å². The molecule has 3 amide bonds.